The Hall–Kier alpha value is -0.610. The summed E-state index contributed by atoms with van der Waals surface area (Å²) in [5.74, 6) is 0.204. The van der Waals surface area contributed by atoms with Gasteiger partial charge < -0.3 is 15.4 Å². The fourth-order valence-electron chi connectivity index (χ4n) is 2.19. The van der Waals surface area contributed by atoms with Crippen molar-refractivity contribution < 1.29 is 9.53 Å². The van der Waals surface area contributed by atoms with Crippen LogP contribution in [0.15, 0.2) is 0 Å². The summed E-state index contributed by atoms with van der Waals surface area (Å²) in [4.78, 5) is 13.3. The van der Waals surface area contributed by atoms with E-state index in [4.69, 9.17) is 10.5 Å². The van der Waals surface area contributed by atoms with E-state index in [1.807, 2.05) is 4.90 Å². The van der Waals surface area contributed by atoms with Gasteiger partial charge >= 0.3 is 0 Å². The van der Waals surface area contributed by atoms with Gasteiger partial charge in [0, 0.05) is 32.2 Å². The smallest absolute Gasteiger partial charge is 0.224 e. The lowest BCUT2D eigenvalue weighted by molar-refractivity contribution is -0.127. The molecule has 80 valence electrons. The van der Waals surface area contributed by atoms with Crippen LogP contribution < -0.4 is 5.73 Å². The minimum Gasteiger partial charge on any atom is -0.378 e. The molecular weight excluding hydrogens is 180 g/mol. The number of ether oxygens (including phenoxy) is 1. The number of hydrogen-bond donors (Lipinski definition) is 1. The molecule has 2 saturated heterocycles. The van der Waals surface area contributed by atoms with Crippen LogP contribution in [0, 0.1) is 0 Å². The normalized spacial score (nSPS) is 32.9. The van der Waals surface area contributed by atoms with Gasteiger partial charge in [-0.25, -0.2) is 0 Å². The van der Waals surface area contributed by atoms with Crippen LogP contribution in [0.25, 0.3) is 0 Å². The minimum absolute atomic E-state index is 0.0481. The van der Waals surface area contributed by atoms with E-state index < -0.39 is 0 Å². The number of rotatable bonds is 3. The molecule has 2 atom stereocenters. The van der Waals surface area contributed by atoms with Crippen molar-refractivity contribution in [1.82, 2.24) is 4.90 Å². The Morgan fingerprint density at radius 3 is 3.00 bits per heavy atom. The second-order valence-corrected chi connectivity index (χ2v) is 4.23. The molecule has 14 heavy (non-hydrogen) atoms. The van der Waals surface area contributed by atoms with Crippen LogP contribution >= 0.6 is 0 Å². The molecule has 0 aromatic heterocycles. The molecule has 2 unspecified atom stereocenters. The van der Waals surface area contributed by atoms with Gasteiger partial charge in [-0.05, 0) is 19.3 Å². The molecule has 4 nitrogen and oxygen atoms in total. The van der Waals surface area contributed by atoms with E-state index in [0.717, 1.165) is 39.0 Å². The van der Waals surface area contributed by atoms with Crippen molar-refractivity contribution in [2.45, 2.75) is 37.8 Å². The highest BCUT2D eigenvalue weighted by Crippen LogP contribution is 2.17. The fourth-order valence-corrected chi connectivity index (χ4v) is 2.19. The number of nitrogens with zero attached hydrogens (tertiary/aromatic N) is 1. The topological polar surface area (TPSA) is 55.6 Å². The van der Waals surface area contributed by atoms with Crippen molar-refractivity contribution in [2.24, 2.45) is 5.73 Å². The number of hydrogen-bond acceptors (Lipinski definition) is 3. The zero-order valence-electron chi connectivity index (χ0n) is 8.45. The molecule has 2 fully saturated rings. The summed E-state index contributed by atoms with van der Waals surface area (Å²) in [6.07, 6.45) is 4.18. The lowest BCUT2D eigenvalue weighted by Gasteiger charge is -2.18. The largest absolute Gasteiger partial charge is 0.378 e. The summed E-state index contributed by atoms with van der Waals surface area (Å²) in [5, 5.41) is 0. The third-order valence-corrected chi connectivity index (χ3v) is 2.99. The van der Waals surface area contributed by atoms with Crippen molar-refractivity contribution >= 4 is 5.91 Å². The summed E-state index contributed by atoms with van der Waals surface area (Å²) in [5.41, 5.74) is 5.71. The average Bonchev–Trinajstić information content (AvgIpc) is 2.72. The van der Waals surface area contributed by atoms with Gasteiger partial charge in [-0.2, -0.15) is 0 Å². The summed E-state index contributed by atoms with van der Waals surface area (Å²) in [6.45, 7) is 2.43. The summed E-state index contributed by atoms with van der Waals surface area (Å²) in [6, 6.07) is 0.0481. The van der Waals surface area contributed by atoms with Crippen molar-refractivity contribution in [3.63, 3.8) is 0 Å². The van der Waals surface area contributed by atoms with Crippen molar-refractivity contribution in [1.29, 1.82) is 0 Å². The first kappa shape index (κ1) is 9.93. The molecule has 2 aliphatic heterocycles. The van der Waals surface area contributed by atoms with Crippen LogP contribution in [-0.4, -0.2) is 42.6 Å². The maximum absolute atomic E-state index is 11.4. The van der Waals surface area contributed by atoms with E-state index in [2.05, 4.69) is 0 Å². The molecule has 0 aromatic carbocycles. The van der Waals surface area contributed by atoms with Gasteiger partial charge in [0.1, 0.15) is 0 Å². The van der Waals surface area contributed by atoms with Gasteiger partial charge in [0.25, 0.3) is 0 Å². The molecule has 1 amide bonds. The Morgan fingerprint density at radius 1 is 1.57 bits per heavy atom. The molecule has 0 radical (unpaired) electrons. The second kappa shape index (κ2) is 4.28. The first-order valence-corrected chi connectivity index (χ1v) is 5.40. The monoisotopic (exact) mass is 198 g/mol. The molecule has 2 rings (SSSR count). The van der Waals surface area contributed by atoms with Gasteiger partial charge in [-0.3, -0.25) is 4.79 Å². The van der Waals surface area contributed by atoms with Crippen LogP contribution in [0.1, 0.15) is 25.7 Å². The maximum Gasteiger partial charge on any atom is 0.224 e. The Balaban J connectivity index is 1.72. The molecule has 2 heterocycles. The number of amides is 1. The molecular formula is C10H18N2O2. The number of likely N-dealkylation sites (tertiary alicyclic amines) is 1. The van der Waals surface area contributed by atoms with Crippen molar-refractivity contribution in [3.8, 4) is 0 Å². The highest BCUT2D eigenvalue weighted by molar-refractivity contribution is 5.79. The maximum atomic E-state index is 11.4. The van der Waals surface area contributed by atoms with Crippen LogP contribution in [0.3, 0.4) is 0 Å². The Bertz CT molecular complexity index is 214. The molecule has 0 saturated carbocycles. The van der Waals surface area contributed by atoms with Gasteiger partial charge in [0.15, 0.2) is 0 Å². The third-order valence-electron chi connectivity index (χ3n) is 2.99. The van der Waals surface area contributed by atoms with Crippen LogP contribution in [0.5, 0.6) is 0 Å². The van der Waals surface area contributed by atoms with Gasteiger partial charge in [0.2, 0.25) is 5.91 Å². The predicted molar refractivity (Wildman–Crippen MR) is 52.8 cm³/mol. The lowest BCUT2D eigenvalue weighted by atomic mass is 10.2. The summed E-state index contributed by atoms with van der Waals surface area (Å²) in [7, 11) is 0. The van der Waals surface area contributed by atoms with Gasteiger partial charge in [0.05, 0.1) is 6.10 Å². The van der Waals surface area contributed by atoms with Gasteiger partial charge in [-0.15, -0.1) is 0 Å². The fraction of sp³-hybridized carbons (Fsp3) is 0.900. The zero-order chi connectivity index (χ0) is 9.97. The van der Waals surface area contributed by atoms with Crippen molar-refractivity contribution in [2.75, 3.05) is 19.7 Å². The molecule has 2 aliphatic rings. The summed E-state index contributed by atoms with van der Waals surface area (Å²) >= 11 is 0. The van der Waals surface area contributed by atoms with Crippen molar-refractivity contribution in [3.05, 3.63) is 0 Å². The lowest BCUT2D eigenvalue weighted by Crippen LogP contribution is -2.30. The number of nitrogens with two attached hydrogens (primary N) is 1. The third kappa shape index (κ3) is 2.25. The Labute approximate surface area is 84.4 Å². The second-order valence-electron chi connectivity index (χ2n) is 4.23. The molecule has 0 bridgehead atoms. The van der Waals surface area contributed by atoms with Crippen LogP contribution in [-0.2, 0) is 9.53 Å². The molecule has 2 N–H and O–H groups in total. The standard InChI is InChI=1S/C10H18N2O2/c11-8-6-10(13)12(7-8)4-3-9-2-1-5-14-9/h8-9H,1-7,11H2. The van der Waals surface area contributed by atoms with Crippen LogP contribution in [0.2, 0.25) is 0 Å². The average molecular weight is 198 g/mol. The number of carbonyl (C=O) groups excluding carboxylic acids is 1. The first-order chi connectivity index (χ1) is 6.75. The minimum atomic E-state index is 0.0481. The van der Waals surface area contributed by atoms with Gasteiger partial charge in [-0.1, -0.05) is 0 Å². The predicted octanol–water partition coefficient (Wildman–Crippen LogP) is 0.115. The zero-order valence-corrected chi connectivity index (χ0v) is 8.45. The van der Waals surface area contributed by atoms with E-state index in [1.54, 1.807) is 0 Å². The van der Waals surface area contributed by atoms with E-state index in [9.17, 15) is 4.79 Å². The molecule has 4 heteroatoms. The highest BCUT2D eigenvalue weighted by Gasteiger charge is 2.27. The molecule has 0 aromatic rings. The quantitative estimate of drug-likeness (QED) is 0.700. The SMILES string of the molecule is NC1CC(=O)N(CCC2CCCO2)C1. The highest BCUT2D eigenvalue weighted by atomic mass is 16.5. The van der Waals surface area contributed by atoms with E-state index >= 15 is 0 Å². The van der Waals surface area contributed by atoms with E-state index in [-0.39, 0.29) is 11.9 Å². The van der Waals surface area contributed by atoms with Crippen LogP contribution in [0.4, 0.5) is 0 Å². The molecule has 0 spiro atoms. The summed E-state index contributed by atoms with van der Waals surface area (Å²) < 4.78 is 5.51. The Kier molecular flexibility index (Phi) is 3.03. The van der Waals surface area contributed by atoms with E-state index in [0.29, 0.717) is 12.5 Å². The first-order valence-electron chi connectivity index (χ1n) is 5.40. The number of carbonyl (C=O) groups is 1. The Morgan fingerprint density at radius 2 is 2.43 bits per heavy atom. The molecule has 0 aliphatic carbocycles. The van der Waals surface area contributed by atoms with E-state index in [1.165, 1.54) is 0 Å².